The van der Waals surface area contributed by atoms with Crippen molar-refractivity contribution >= 4 is 50.4 Å². The minimum Gasteiger partial charge on any atom is -0.462 e. The number of carbonyl (C=O) groups is 2. The van der Waals surface area contributed by atoms with Gasteiger partial charge in [-0.2, -0.15) is 0 Å². The van der Waals surface area contributed by atoms with Crippen molar-refractivity contribution in [3.63, 3.8) is 0 Å². The maximum absolute atomic E-state index is 12.9. The highest BCUT2D eigenvalue weighted by Crippen LogP contribution is 2.32. The predicted octanol–water partition coefficient (Wildman–Crippen LogP) is 4.08. The summed E-state index contributed by atoms with van der Waals surface area (Å²) in [7, 11) is 0. The molecule has 0 aliphatic rings. The van der Waals surface area contributed by atoms with Crippen molar-refractivity contribution in [1.29, 1.82) is 0 Å². The van der Waals surface area contributed by atoms with Crippen LogP contribution in [0, 0.1) is 0 Å². The van der Waals surface area contributed by atoms with E-state index in [0.29, 0.717) is 16.8 Å². The lowest BCUT2D eigenvalue weighted by atomic mass is 10.1. The molecule has 1 amide bonds. The zero-order chi connectivity index (χ0) is 23.7. The Bertz CT molecular complexity index is 1590. The number of para-hydroxylation sites is 1. The van der Waals surface area contributed by atoms with Gasteiger partial charge in [0.25, 0.3) is 5.56 Å². The number of nitrogens with zero attached hydrogens (tertiary/aromatic N) is 3. The molecule has 0 aliphatic carbocycles. The number of furan rings is 1. The number of nitrogens with one attached hydrogen (secondary N) is 1. The zero-order valence-electron chi connectivity index (χ0n) is 18.0. The standard InChI is InChI=1S/C24H18N4O5S/c1-2-32-23(31)21-18(14-8-4-3-5-9-14)27-24(34-21)26-17(29)12-28-13-25-19-15-10-6-7-11-16(15)33-20(19)22(28)30/h3-11,13H,2,12H2,1H3,(H,26,27,29). The average Bonchev–Trinajstić information content (AvgIpc) is 3.44. The van der Waals surface area contributed by atoms with E-state index in [9.17, 15) is 14.4 Å². The van der Waals surface area contributed by atoms with Gasteiger partial charge in [0.1, 0.15) is 22.5 Å². The highest BCUT2D eigenvalue weighted by atomic mass is 32.1. The van der Waals surface area contributed by atoms with Gasteiger partial charge < -0.3 is 14.5 Å². The minimum absolute atomic E-state index is 0.0849. The van der Waals surface area contributed by atoms with Crippen molar-refractivity contribution < 1.29 is 18.7 Å². The summed E-state index contributed by atoms with van der Waals surface area (Å²) in [5.41, 5.74) is 1.75. The molecule has 0 aliphatic heterocycles. The molecule has 3 aromatic heterocycles. The SMILES string of the molecule is CCOC(=O)c1sc(NC(=O)Cn2cnc3c(oc4ccccc43)c2=O)nc1-c1ccccc1. The first kappa shape index (κ1) is 21.5. The number of fused-ring (bicyclic) bond motifs is 3. The number of thiazole rings is 1. The third-order valence-corrected chi connectivity index (χ3v) is 6.00. The number of rotatable bonds is 6. The van der Waals surface area contributed by atoms with Crippen LogP contribution in [-0.4, -0.2) is 33.0 Å². The number of esters is 1. The summed E-state index contributed by atoms with van der Waals surface area (Å²) >= 11 is 1.01. The fraction of sp³-hybridized carbons (Fsp3) is 0.125. The van der Waals surface area contributed by atoms with Crippen LogP contribution in [0.5, 0.6) is 0 Å². The van der Waals surface area contributed by atoms with E-state index in [4.69, 9.17) is 9.15 Å². The summed E-state index contributed by atoms with van der Waals surface area (Å²) in [6, 6.07) is 16.4. The van der Waals surface area contributed by atoms with Gasteiger partial charge in [-0.3, -0.25) is 14.2 Å². The lowest BCUT2D eigenvalue weighted by Crippen LogP contribution is -2.27. The van der Waals surface area contributed by atoms with Crippen LogP contribution >= 0.6 is 11.3 Å². The van der Waals surface area contributed by atoms with E-state index in [1.54, 1.807) is 19.1 Å². The van der Waals surface area contributed by atoms with E-state index in [1.165, 1.54) is 6.33 Å². The molecule has 0 unspecified atom stereocenters. The van der Waals surface area contributed by atoms with Gasteiger partial charge in [-0.1, -0.05) is 53.8 Å². The summed E-state index contributed by atoms with van der Waals surface area (Å²) in [5, 5.41) is 3.61. The van der Waals surface area contributed by atoms with Crippen molar-refractivity contribution in [1.82, 2.24) is 14.5 Å². The van der Waals surface area contributed by atoms with Crippen LogP contribution in [0.4, 0.5) is 5.13 Å². The zero-order valence-corrected chi connectivity index (χ0v) is 18.8. The Morgan fingerprint density at radius 3 is 2.68 bits per heavy atom. The number of amides is 1. The molecular weight excluding hydrogens is 456 g/mol. The smallest absolute Gasteiger partial charge is 0.350 e. The molecule has 1 N–H and O–H groups in total. The second-order valence-electron chi connectivity index (χ2n) is 7.28. The lowest BCUT2D eigenvalue weighted by Gasteiger charge is -2.04. The molecule has 0 fully saturated rings. The molecule has 0 spiro atoms. The molecule has 10 heteroatoms. The number of hydrogen-bond donors (Lipinski definition) is 1. The number of ether oxygens (including phenoxy) is 1. The molecule has 34 heavy (non-hydrogen) atoms. The van der Waals surface area contributed by atoms with E-state index >= 15 is 0 Å². The third-order valence-electron chi connectivity index (χ3n) is 5.05. The van der Waals surface area contributed by atoms with Crippen LogP contribution in [0.1, 0.15) is 16.6 Å². The first-order valence-corrected chi connectivity index (χ1v) is 11.3. The average molecular weight is 474 g/mol. The van der Waals surface area contributed by atoms with Crippen molar-refractivity contribution in [3.05, 3.63) is 76.2 Å². The topological polar surface area (TPSA) is 116 Å². The van der Waals surface area contributed by atoms with E-state index in [-0.39, 0.29) is 28.7 Å². The van der Waals surface area contributed by atoms with Crippen molar-refractivity contribution in [2.24, 2.45) is 0 Å². The molecule has 5 aromatic rings. The summed E-state index contributed by atoms with van der Waals surface area (Å²) in [6.07, 6.45) is 1.31. The highest BCUT2D eigenvalue weighted by Gasteiger charge is 2.22. The Labute approximate surface area is 196 Å². The van der Waals surface area contributed by atoms with Crippen molar-refractivity contribution in [2.75, 3.05) is 11.9 Å². The van der Waals surface area contributed by atoms with Crippen LogP contribution < -0.4 is 10.9 Å². The number of aromatic nitrogens is 3. The van der Waals surface area contributed by atoms with Gasteiger partial charge in [0.2, 0.25) is 11.5 Å². The Morgan fingerprint density at radius 2 is 1.88 bits per heavy atom. The molecule has 0 saturated carbocycles. The van der Waals surface area contributed by atoms with Gasteiger partial charge in [-0.25, -0.2) is 14.8 Å². The first-order chi connectivity index (χ1) is 16.5. The van der Waals surface area contributed by atoms with E-state index in [1.807, 2.05) is 42.5 Å². The monoisotopic (exact) mass is 474 g/mol. The van der Waals surface area contributed by atoms with Gasteiger partial charge >= 0.3 is 5.97 Å². The first-order valence-electron chi connectivity index (χ1n) is 10.4. The van der Waals surface area contributed by atoms with Crippen LogP contribution in [0.25, 0.3) is 33.3 Å². The third kappa shape index (κ3) is 3.95. The van der Waals surface area contributed by atoms with E-state index in [0.717, 1.165) is 26.9 Å². The summed E-state index contributed by atoms with van der Waals surface area (Å²) in [6.45, 7) is 1.63. The molecule has 3 heterocycles. The Morgan fingerprint density at radius 1 is 1.12 bits per heavy atom. The molecular formula is C24H18N4O5S. The number of hydrogen-bond acceptors (Lipinski definition) is 8. The van der Waals surface area contributed by atoms with Gasteiger partial charge in [0.05, 0.1) is 18.6 Å². The molecule has 0 atom stereocenters. The van der Waals surface area contributed by atoms with Gasteiger partial charge in [-0.05, 0) is 19.1 Å². The fourth-order valence-corrected chi connectivity index (χ4v) is 4.44. The second kappa shape index (κ2) is 8.91. The minimum atomic E-state index is -0.518. The molecule has 9 nitrogen and oxygen atoms in total. The van der Waals surface area contributed by atoms with E-state index < -0.39 is 17.4 Å². The fourth-order valence-electron chi connectivity index (χ4n) is 3.54. The van der Waals surface area contributed by atoms with Gasteiger partial charge in [0, 0.05) is 10.9 Å². The highest BCUT2D eigenvalue weighted by molar-refractivity contribution is 7.18. The predicted molar refractivity (Wildman–Crippen MR) is 128 cm³/mol. The van der Waals surface area contributed by atoms with Crippen LogP contribution in [0.2, 0.25) is 0 Å². The van der Waals surface area contributed by atoms with Gasteiger partial charge in [0.15, 0.2) is 5.13 Å². The molecule has 2 aromatic carbocycles. The van der Waals surface area contributed by atoms with Crippen LogP contribution in [0.15, 0.2) is 70.1 Å². The molecule has 0 radical (unpaired) electrons. The van der Waals surface area contributed by atoms with E-state index in [2.05, 4.69) is 15.3 Å². The summed E-state index contributed by atoms with van der Waals surface area (Å²) in [5.74, 6) is -1.02. The second-order valence-corrected chi connectivity index (χ2v) is 8.28. The number of anilines is 1. The molecule has 0 saturated heterocycles. The Kier molecular flexibility index (Phi) is 5.64. The van der Waals surface area contributed by atoms with Crippen molar-refractivity contribution in [3.8, 4) is 11.3 Å². The van der Waals surface area contributed by atoms with Crippen LogP contribution in [-0.2, 0) is 16.1 Å². The lowest BCUT2D eigenvalue weighted by molar-refractivity contribution is -0.116. The Hall–Kier alpha value is -4.31. The molecule has 0 bridgehead atoms. The molecule has 170 valence electrons. The van der Waals surface area contributed by atoms with Crippen molar-refractivity contribution in [2.45, 2.75) is 13.5 Å². The summed E-state index contributed by atoms with van der Waals surface area (Å²) < 4.78 is 12.0. The quantitative estimate of drug-likeness (QED) is 0.369. The maximum Gasteiger partial charge on any atom is 0.350 e. The largest absolute Gasteiger partial charge is 0.462 e. The molecule has 5 rings (SSSR count). The normalized spacial score (nSPS) is 11.1. The Balaban J connectivity index is 1.42. The summed E-state index contributed by atoms with van der Waals surface area (Å²) in [4.78, 5) is 47.0. The maximum atomic E-state index is 12.9. The van der Waals surface area contributed by atoms with Crippen LogP contribution in [0.3, 0.4) is 0 Å². The number of carbonyl (C=O) groups excluding carboxylic acids is 2. The van der Waals surface area contributed by atoms with Gasteiger partial charge in [-0.15, -0.1) is 0 Å². The number of benzene rings is 2.